The number of carbonyl (C=O) groups excluding carboxylic acids is 2. The number of carboxylic acid groups (broad SMARTS) is 1. The van der Waals surface area contributed by atoms with Crippen LogP contribution >= 0.6 is 0 Å². The van der Waals surface area contributed by atoms with E-state index in [1.54, 1.807) is 6.08 Å². The second kappa shape index (κ2) is 16.2. The smallest absolute Gasteiger partial charge is 0.331 e. The van der Waals surface area contributed by atoms with Crippen LogP contribution in [0.1, 0.15) is 73.1 Å². The van der Waals surface area contributed by atoms with Gasteiger partial charge in [0.25, 0.3) is 0 Å². The van der Waals surface area contributed by atoms with Gasteiger partial charge >= 0.3 is 17.9 Å². The third kappa shape index (κ3) is 16.3. The lowest BCUT2D eigenvalue weighted by atomic mass is 10.0. The summed E-state index contributed by atoms with van der Waals surface area (Å²) in [5.74, 6) is -1.57. The Kier molecular flexibility index (Phi) is 14.8. The van der Waals surface area contributed by atoms with E-state index >= 15 is 0 Å². The molecule has 0 aromatic carbocycles. The molecule has 0 rings (SSSR count). The number of ether oxygens (including phenoxy) is 2. The Morgan fingerprint density at radius 1 is 0.733 bits per heavy atom. The molecule has 1 N–H and O–H groups in total. The quantitative estimate of drug-likeness (QED) is 0.233. The van der Waals surface area contributed by atoms with Crippen molar-refractivity contribution in [3.63, 3.8) is 0 Å². The predicted octanol–water partition coefficient (Wildman–Crippen LogP) is 5.30. The Morgan fingerprint density at radius 3 is 1.90 bits per heavy atom. The topological polar surface area (TPSA) is 89.9 Å². The Balaban J connectivity index is 4.63. The molecule has 0 aliphatic heterocycles. The molecule has 0 spiro atoms. The lowest BCUT2D eigenvalue weighted by Crippen LogP contribution is -2.05. The van der Waals surface area contributed by atoms with E-state index in [9.17, 15) is 19.5 Å². The van der Waals surface area contributed by atoms with Crippen molar-refractivity contribution in [1.82, 2.24) is 0 Å². The molecule has 0 aromatic rings. The summed E-state index contributed by atoms with van der Waals surface area (Å²) in [6.45, 7) is 9.06. The Bertz CT molecular complexity index is 690. The average Bonchev–Trinajstić information content (AvgIpc) is 2.63. The molecular formula is C24H36O6. The first-order valence-electron chi connectivity index (χ1n) is 10.3. The second-order valence-electron chi connectivity index (χ2n) is 7.43. The summed E-state index contributed by atoms with van der Waals surface area (Å²) in [6.07, 6.45) is 11.9. The van der Waals surface area contributed by atoms with E-state index in [0.29, 0.717) is 24.8 Å². The van der Waals surface area contributed by atoms with Gasteiger partial charge < -0.3 is 14.6 Å². The van der Waals surface area contributed by atoms with E-state index < -0.39 is 5.97 Å². The van der Waals surface area contributed by atoms with Gasteiger partial charge in [-0.2, -0.15) is 0 Å². The zero-order valence-corrected chi connectivity index (χ0v) is 19.0. The number of aliphatic carboxylic acids is 1. The van der Waals surface area contributed by atoms with Gasteiger partial charge in [-0.25, -0.2) is 4.79 Å². The number of esters is 2. The molecule has 0 aliphatic carbocycles. The molecule has 0 amide bonds. The molecule has 0 fully saturated rings. The summed E-state index contributed by atoms with van der Waals surface area (Å²) in [5, 5.41) is 9.32. The van der Waals surface area contributed by atoms with Gasteiger partial charge in [-0.05, 0) is 70.9 Å². The van der Waals surface area contributed by atoms with Crippen molar-refractivity contribution in [3.05, 3.63) is 46.6 Å². The fourth-order valence-electron chi connectivity index (χ4n) is 2.60. The highest BCUT2D eigenvalue weighted by Gasteiger charge is 2.06. The van der Waals surface area contributed by atoms with Crippen LogP contribution < -0.4 is 0 Å². The van der Waals surface area contributed by atoms with Crippen molar-refractivity contribution in [3.8, 4) is 0 Å². The summed E-state index contributed by atoms with van der Waals surface area (Å²) in [6, 6.07) is 0. The van der Waals surface area contributed by atoms with Crippen LogP contribution in [0.15, 0.2) is 46.6 Å². The highest BCUT2D eigenvalue weighted by molar-refractivity contribution is 5.86. The maximum Gasteiger partial charge on any atom is 0.331 e. The third-order valence-electron chi connectivity index (χ3n) is 4.25. The maximum atomic E-state index is 11.4. The van der Waals surface area contributed by atoms with Gasteiger partial charge in [0.1, 0.15) is 13.2 Å². The van der Waals surface area contributed by atoms with Crippen LogP contribution in [0.25, 0.3) is 0 Å². The summed E-state index contributed by atoms with van der Waals surface area (Å²) >= 11 is 0. The van der Waals surface area contributed by atoms with Crippen molar-refractivity contribution in [2.75, 3.05) is 13.2 Å². The fraction of sp³-hybridized carbons (Fsp3) is 0.542. The van der Waals surface area contributed by atoms with Crippen LogP contribution in [0.3, 0.4) is 0 Å². The zero-order valence-electron chi connectivity index (χ0n) is 19.0. The van der Waals surface area contributed by atoms with Crippen LogP contribution in [0.2, 0.25) is 0 Å². The predicted molar refractivity (Wildman–Crippen MR) is 118 cm³/mol. The SMILES string of the molecule is CC(=O)OC/C=C(/CC/C=C(\C)CC/C=C(/CCC=C(C)C)C(=O)O)COC(C)=O. The average molecular weight is 421 g/mol. The van der Waals surface area contributed by atoms with Crippen LogP contribution in [-0.4, -0.2) is 36.2 Å². The van der Waals surface area contributed by atoms with Gasteiger partial charge in [0.15, 0.2) is 0 Å². The van der Waals surface area contributed by atoms with Gasteiger partial charge in [-0.1, -0.05) is 29.4 Å². The van der Waals surface area contributed by atoms with Crippen molar-refractivity contribution >= 4 is 17.9 Å². The number of hydrogen-bond acceptors (Lipinski definition) is 5. The van der Waals surface area contributed by atoms with E-state index in [0.717, 1.165) is 24.8 Å². The normalized spacial score (nSPS) is 12.4. The lowest BCUT2D eigenvalue weighted by Gasteiger charge is -2.08. The summed E-state index contributed by atoms with van der Waals surface area (Å²) in [4.78, 5) is 33.3. The van der Waals surface area contributed by atoms with Crippen molar-refractivity contribution in [1.29, 1.82) is 0 Å². The highest BCUT2D eigenvalue weighted by atomic mass is 16.5. The minimum absolute atomic E-state index is 0.157. The molecule has 0 radical (unpaired) electrons. The summed E-state index contributed by atoms with van der Waals surface area (Å²) in [7, 11) is 0. The molecule has 6 heteroatoms. The van der Waals surface area contributed by atoms with Gasteiger partial charge in [-0.15, -0.1) is 0 Å². The minimum Gasteiger partial charge on any atom is -0.478 e. The number of rotatable bonds is 14. The highest BCUT2D eigenvalue weighted by Crippen LogP contribution is 2.14. The minimum atomic E-state index is -0.855. The number of carboxylic acids is 1. The van der Waals surface area contributed by atoms with Crippen molar-refractivity contribution < 1.29 is 29.0 Å². The largest absolute Gasteiger partial charge is 0.478 e. The molecule has 6 nitrogen and oxygen atoms in total. The van der Waals surface area contributed by atoms with Crippen LogP contribution in [0.4, 0.5) is 0 Å². The molecule has 0 heterocycles. The van der Waals surface area contributed by atoms with Gasteiger partial charge in [-0.3, -0.25) is 9.59 Å². The lowest BCUT2D eigenvalue weighted by molar-refractivity contribution is -0.141. The van der Waals surface area contributed by atoms with Crippen molar-refractivity contribution in [2.24, 2.45) is 0 Å². The number of hydrogen-bond donors (Lipinski definition) is 1. The Morgan fingerprint density at radius 2 is 1.33 bits per heavy atom. The third-order valence-corrected chi connectivity index (χ3v) is 4.25. The molecule has 0 unspecified atom stereocenters. The zero-order chi connectivity index (χ0) is 22.9. The Labute approximate surface area is 180 Å². The second-order valence-corrected chi connectivity index (χ2v) is 7.43. The first-order chi connectivity index (χ1) is 14.1. The first-order valence-corrected chi connectivity index (χ1v) is 10.3. The van der Waals surface area contributed by atoms with Crippen molar-refractivity contribution in [2.45, 2.75) is 73.1 Å². The van der Waals surface area contributed by atoms with E-state index in [2.05, 4.69) is 6.08 Å². The van der Waals surface area contributed by atoms with Crippen LogP contribution in [0, 0.1) is 0 Å². The van der Waals surface area contributed by atoms with Crippen LogP contribution in [-0.2, 0) is 23.9 Å². The summed E-state index contributed by atoms with van der Waals surface area (Å²) < 4.78 is 9.96. The fourth-order valence-corrected chi connectivity index (χ4v) is 2.60. The van der Waals surface area contributed by atoms with Crippen LogP contribution in [0.5, 0.6) is 0 Å². The molecule has 0 bridgehead atoms. The van der Waals surface area contributed by atoms with E-state index in [4.69, 9.17) is 9.47 Å². The molecule has 0 saturated carbocycles. The number of carbonyl (C=O) groups is 3. The molecule has 0 aromatic heterocycles. The molecule has 0 atom stereocenters. The molecule has 0 aliphatic rings. The van der Waals surface area contributed by atoms with Gasteiger partial charge in [0, 0.05) is 19.4 Å². The Hall–Kier alpha value is -2.63. The maximum absolute atomic E-state index is 11.4. The standard InChI is InChI=1S/C24H36O6/c1-18(2)9-6-13-23(24(27)28)14-8-11-19(3)10-7-12-22(17-30-21(5)26)15-16-29-20(4)25/h9-10,14-15H,6-8,11-13,16-17H2,1-5H3,(H,27,28)/b19-10+,22-15-,23-14-. The summed E-state index contributed by atoms with van der Waals surface area (Å²) in [5.41, 5.74) is 3.71. The van der Waals surface area contributed by atoms with Gasteiger partial charge in [0.2, 0.25) is 0 Å². The van der Waals surface area contributed by atoms with E-state index in [-0.39, 0.29) is 25.2 Å². The first kappa shape index (κ1) is 27.4. The monoisotopic (exact) mass is 420 g/mol. The molecule has 168 valence electrons. The van der Waals surface area contributed by atoms with Gasteiger partial charge in [0.05, 0.1) is 0 Å². The molecule has 30 heavy (non-hydrogen) atoms. The molecule has 0 saturated heterocycles. The number of allylic oxidation sites excluding steroid dienone is 5. The van der Waals surface area contributed by atoms with E-state index in [1.165, 1.54) is 25.0 Å². The molecular weight excluding hydrogens is 384 g/mol. The van der Waals surface area contributed by atoms with E-state index in [1.807, 2.05) is 32.9 Å².